The molecule has 0 aliphatic rings. The van der Waals surface area contributed by atoms with E-state index >= 15 is 0 Å². The highest BCUT2D eigenvalue weighted by Crippen LogP contribution is 2.14. The van der Waals surface area contributed by atoms with Gasteiger partial charge >= 0.3 is 0 Å². The van der Waals surface area contributed by atoms with Gasteiger partial charge in [-0.25, -0.2) is 4.99 Å². The van der Waals surface area contributed by atoms with Crippen LogP contribution in [0.2, 0.25) is 0 Å². The predicted molar refractivity (Wildman–Crippen MR) is 123 cm³/mol. The van der Waals surface area contributed by atoms with Crippen molar-refractivity contribution in [2.45, 2.75) is 44.6 Å². The van der Waals surface area contributed by atoms with Crippen molar-refractivity contribution >= 4 is 23.5 Å². The van der Waals surface area contributed by atoms with Crippen molar-refractivity contribution in [3.05, 3.63) is 29.8 Å². The maximum atomic E-state index is 11.9. The van der Waals surface area contributed by atoms with Crippen molar-refractivity contribution in [1.82, 2.24) is 16.0 Å². The van der Waals surface area contributed by atoms with Crippen molar-refractivity contribution in [3.63, 3.8) is 0 Å². The molecule has 10 N–H and O–H groups in total. The zero-order valence-corrected chi connectivity index (χ0v) is 18.1. The number of nitrogens with two attached hydrogens (primary N) is 3. The number of nitrogens with zero attached hydrogens (tertiary/aromatic N) is 1. The Kier molecular flexibility index (Phi) is 13.6. The maximum absolute atomic E-state index is 11.9. The van der Waals surface area contributed by atoms with Gasteiger partial charge in [0.25, 0.3) is 5.91 Å². The Bertz CT molecular complexity index is 676. The molecule has 0 radical (unpaired) electrons. The number of hydrogen-bond donors (Lipinski definition) is 7. The SMILES string of the molecule is NCCCNCCCCNC(=O)C(O)CNC(=O)CCCc1ccc(N=C(N)N)cc1. The van der Waals surface area contributed by atoms with Crippen LogP contribution in [0.25, 0.3) is 0 Å². The molecular formula is C21H37N7O3. The first-order chi connectivity index (χ1) is 14.9. The second-order valence-corrected chi connectivity index (χ2v) is 7.27. The number of aliphatic imine (C=N–C) groups is 1. The molecule has 1 rings (SSSR count). The first-order valence-electron chi connectivity index (χ1n) is 10.7. The molecule has 0 bridgehead atoms. The fourth-order valence-corrected chi connectivity index (χ4v) is 2.79. The number of aliphatic hydroxyl groups excluding tert-OH is 1. The molecule has 0 saturated heterocycles. The van der Waals surface area contributed by atoms with E-state index in [9.17, 15) is 14.7 Å². The third-order valence-electron chi connectivity index (χ3n) is 4.50. The Morgan fingerprint density at radius 2 is 1.65 bits per heavy atom. The number of benzene rings is 1. The summed E-state index contributed by atoms with van der Waals surface area (Å²) in [7, 11) is 0. The summed E-state index contributed by atoms with van der Waals surface area (Å²) in [6.07, 6.45) is 3.11. The van der Waals surface area contributed by atoms with Crippen LogP contribution in [-0.2, 0) is 16.0 Å². The highest BCUT2D eigenvalue weighted by Gasteiger charge is 2.15. The molecule has 2 amide bonds. The van der Waals surface area contributed by atoms with E-state index in [1.807, 2.05) is 24.3 Å². The molecular weight excluding hydrogens is 398 g/mol. The van der Waals surface area contributed by atoms with E-state index in [1.165, 1.54) is 0 Å². The lowest BCUT2D eigenvalue weighted by Gasteiger charge is -2.12. The van der Waals surface area contributed by atoms with Gasteiger partial charge in [-0.2, -0.15) is 0 Å². The Balaban J connectivity index is 2.11. The van der Waals surface area contributed by atoms with Gasteiger partial charge in [0.15, 0.2) is 5.96 Å². The largest absolute Gasteiger partial charge is 0.381 e. The number of carbonyl (C=O) groups excluding carboxylic acids is 2. The van der Waals surface area contributed by atoms with Crippen LogP contribution in [0, 0.1) is 0 Å². The molecule has 1 aromatic carbocycles. The zero-order valence-electron chi connectivity index (χ0n) is 18.1. The van der Waals surface area contributed by atoms with Crippen LogP contribution in [0.1, 0.15) is 37.7 Å². The number of hydrogen-bond acceptors (Lipinski definition) is 6. The van der Waals surface area contributed by atoms with Gasteiger partial charge in [-0.15, -0.1) is 0 Å². The lowest BCUT2D eigenvalue weighted by atomic mass is 10.1. The van der Waals surface area contributed by atoms with Gasteiger partial charge in [0.2, 0.25) is 5.91 Å². The molecule has 0 aromatic heterocycles. The predicted octanol–water partition coefficient (Wildman–Crippen LogP) is -0.774. The van der Waals surface area contributed by atoms with E-state index in [0.29, 0.717) is 31.6 Å². The number of rotatable bonds is 16. The highest BCUT2D eigenvalue weighted by molar-refractivity contribution is 5.82. The summed E-state index contributed by atoms with van der Waals surface area (Å²) in [5.74, 6) is -0.670. The van der Waals surface area contributed by atoms with E-state index in [2.05, 4.69) is 20.9 Å². The minimum Gasteiger partial charge on any atom is -0.381 e. The normalized spacial score (nSPS) is 11.5. The Morgan fingerprint density at radius 1 is 0.968 bits per heavy atom. The van der Waals surface area contributed by atoms with Gasteiger partial charge in [0.05, 0.1) is 12.2 Å². The average molecular weight is 436 g/mol. The standard InChI is InChI=1S/C21H37N7O3/c22-11-4-13-25-12-1-2-14-26-20(31)18(29)15-27-19(30)6-3-5-16-7-9-17(10-8-16)28-21(23)24/h7-10,18,25,29H,1-6,11-15,22H2,(H,26,31)(H,27,30)(H4,23,24,28). The summed E-state index contributed by atoms with van der Waals surface area (Å²) in [6.45, 7) is 2.83. The summed E-state index contributed by atoms with van der Waals surface area (Å²) >= 11 is 0. The van der Waals surface area contributed by atoms with E-state index in [4.69, 9.17) is 17.2 Å². The van der Waals surface area contributed by atoms with Crippen LogP contribution >= 0.6 is 0 Å². The fourth-order valence-electron chi connectivity index (χ4n) is 2.79. The van der Waals surface area contributed by atoms with E-state index in [1.54, 1.807) is 0 Å². The molecule has 0 saturated carbocycles. The van der Waals surface area contributed by atoms with Crippen LogP contribution in [0.5, 0.6) is 0 Å². The topological polar surface area (TPSA) is 181 Å². The van der Waals surface area contributed by atoms with Crippen LogP contribution in [-0.4, -0.2) is 61.7 Å². The number of aliphatic hydroxyl groups is 1. The molecule has 174 valence electrons. The third kappa shape index (κ3) is 13.3. The summed E-state index contributed by atoms with van der Waals surface area (Å²) in [6, 6.07) is 7.43. The number of guanidine groups is 1. The quantitative estimate of drug-likeness (QED) is 0.101. The zero-order chi connectivity index (χ0) is 22.9. The van der Waals surface area contributed by atoms with E-state index in [-0.39, 0.29) is 18.4 Å². The Morgan fingerprint density at radius 3 is 2.32 bits per heavy atom. The van der Waals surface area contributed by atoms with Gasteiger partial charge in [-0.1, -0.05) is 12.1 Å². The molecule has 1 unspecified atom stereocenters. The average Bonchev–Trinajstić information content (AvgIpc) is 2.74. The molecule has 0 aliphatic heterocycles. The smallest absolute Gasteiger partial charge is 0.250 e. The van der Waals surface area contributed by atoms with Gasteiger partial charge in [0, 0.05) is 13.0 Å². The van der Waals surface area contributed by atoms with E-state index in [0.717, 1.165) is 44.3 Å². The summed E-state index contributed by atoms with van der Waals surface area (Å²) in [4.78, 5) is 27.7. The van der Waals surface area contributed by atoms with Crippen LogP contribution in [0.4, 0.5) is 5.69 Å². The molecule has 10 heteroatoms. The molecule has 0 spiro atoms. The molecule has 0 fully saturated rings. The number of aryl methyl sites for hydroxylation is 1. The van der Waals surface area contributed by atoms with Crippen molar-refractivity contribution in [3.8, 4) is 0 Å². The number of carbonyl (C=O) groups is 2. The minimum atomic E-state index is -1.25. The van der Waals surface area contributed by atoms with Gasteiger partial charge in [0.1, 0.15) is 6.10 Å². The van der Waals surface area contributed by atoms with Gasteiger partial charge < -0.3 is 38.3 Å². The van der Waals surface area contributed by atoms with Crippen molar-refractivity contribution in [2.75, 3.05) is 32.7 Å². The second kappa shape index (κ2) is 16.1. The molecule has 31 heavy (non-hydrogen) atoms. The minimum absolute atomic E-state index is 0.00615. The number of unbranched alkanes of at least 4 members (excludes halogenated alkanes) is 1. The van der Waals surface area contributed by atoms with Crippen LogP contribution in [0.15, 0.2) is 29.3 Å². The number of nitrogens with one attached hydrogen (secondary N) is 3. The number of amides is 2. The summed E-state index contributed by atoms with van der Waals surface area (Å²) in [5, 5.41) is 18.4. The Labute approximate surface area is 184 Å². The molecule has 10 nitrogen and oxygen atoms in total. The van der Waals surface area contributed by atoms with Crippen molar-refractivity contribution in [1.29, 1.82) is 0 Å². The summed E-state index contributed by atoms with van der Waals surface area (Å²) < 4.78 is 0. The molecule has 1 aromatic rings. The maximum Gasteiger partial charge on any atom is 0.250 e. The lowest BCUT2D eigenvalue weighted by molar-refractivity contribution is -0.129. The van der Waals surface area contributed by atoms with Gasteiger partial charge in [-0.05, 0) is 69.4 Å². The van der Waals surface area contributed by atoms with Crippen molar-refractivity contribution < 1.29 is 14.7 Å². The Hall–Kier alpha value is -2.69. The fraction of sp³-hybridized carbons (Fsp3) is 0.571. The monoisotopic (exact) mass is 435 g/mol. The first kappa shape index (κ1) is 26.3. The van der Waals surface area contributed by atoms with Crippen LogP contribution < -0.4 is 33.2 Å². The van der Waals surface area contributed by atoms with E-state index < -0.39 is 12.0 Å². The van der Waals surface area contributed by atoms with Gasteiger partial charge in [-0.3, -0.25) is 9.59 Å². The third-order valence-corrected chi connectivity index (χ3v) is 4.50. The highest BCUT2D eigenvalue weighted by atomic mass is 16.3. The van der Waals surface area contributed by atoms with Crippen molar-refractivity contribution in [2.24, 2.45) is 22.2 Å². The second-order valence-electron chi connectivity index (χ2n) is 7.27. The van der Waals surface area contributed by atoms with Crippen LogP contribution in [0.3, 0.4) is 0 Å². The molecule has 0 aliphatic carbocycles. The first-order valence-corrected chi connectivity index (χ1v) is 10.7. The molecule has 1 atom stereocenters. The summed E-state index contributed by atoms with van der Waals surface area (Å²) in [5.41, 5.74) is 17.8. The lowest BCUT2D eigenvalue weighted by Crippen LogP contribution is -2.43. The molecule has 0 heterocycles.